The van der Waals surface area contributed by atoms with Crippen LogP contribution in [-0.2, 0) is 4.79 Å². The number of hydrogen-bond donors (Lipinski definition) is 1. The first-order valence-electron chi connectivity index (χ1n) is 9.71. The third-order valence-electron chi connectivity index (χ3n) is 5.47. The monoisotopic (exact) mass is 359 g/mol. The Hall–Kier alpha value is -2.88. The highest BCUT2D eigenvalue weighted by molar-refractivity contribution is 5.79. The van der Waals surface area contributed by atoms with Crippen molar-refractivity contribution in [1.82, 2.24) is 14.9 Å². The van der Waals surface area contributed by atoms with Gasteiger partial charge in [0.1, 0.15) is 0 Å². The van der Waals surface area contributed by atoms with E-state index in [1.54, 1.807) is 0 Å². The van der Waals surface area contributed by atoms with E-state index in [0.29, 0.717) is 12.6 Å². The fourth-order valence-electron chi connectivity index (χ4n) is 4.05. The third kappa shape index (κ3) is 3.65. The predicted molar refractivity (Wildman–Crippen MR) is 108 cm³/mol. The molecule has 0 radical (unpaired) electrons. The maximum Gasteiger partial charge on any atom is 0.223 e. The van der Waals surface area contributed by atoms with E-state index < -0.39 is 0 Å². The summed E-state index contributed by atoms with van der Waals surface area (Å²) in [7, 11) is 0. The van der Waals surface area contributed by atoms with Crippen molar-refractivity contribution in [1.29, 1.82) is 0 Å². The lowest BCUT2D eigenvalue weighted by Gasteiger charge is -2.16. The minimum Gasteiger partial charge on any atom is -0.356 e. The molecule has 1 heterocycles. The average molecular weight is 359 g/mol. The fourth-order valence-corrected chi connectivity index (χ4v) is 4.05. The van der Waals surface area contributed by atoms with E-state index in [2.05, 4.69) is 63.4 Å². The molecule has 1 saturated carbocycles. The smallest absolute Gasteiger partial charge is 0.223 e. The maximum atomic E-state index is 12.2. The molecule has 0 spiro atoms. The first-order valence-corrected chi connectivity index (χ1v) is 9.71. The van der Waals surface area contributed by atoms with Crippen LogP contribution in [0, 0.1) is 5.92 Å². The van der Waals surface area contributed by atoms with Crippen LogP contribution in [0.4, 0.5) is 0 Å². The highest BCUT2D eigenvalue weighted by Crippen LogP contribution is 2.37. The standard InChI is InChI=1S/C23H25N3O/c1-2-25-23(27)20-12-13-21(14-20)26-16-24-15-22(26)19-10-8-18(9-11-19)17-6-4-3-5-7-17/h3-11,15-16,20-21H,2,12-14H2,1H3,(H,25,27)/t20-,21+/m0/s1. The molecule has 1 aliphatic rings. The number of carbonyl (C=O) groups is 1. The lowest BCUT2D eigenvalue weighted by Crippen LogP contribution is -2.29. The molecule has 4 rings (SSSR count). The number of aromatic nitrogens is 2. The lowest BCUT2D eigenvalue weighted by atomic mass is 10.0. The van der Waals surface area contributed by atoms with Crippen molar-refractivity contribution in [2.24, 2.45) is 5.92 Å². The maximum absolute atomic E-state index is 12.2. The Bertz CT molecular complexity index is 899. The molecule has 2 aromatic carbocycles. The quantitative estimate of drug-likeness (QED) is 0.718. The zero-order chi connectivity index (χ0) is 18.6. The van der Waals surface area contributed by atoms with Gasteiger partial charge in [-0.25, -0.2) is 4.98 Å². The lowest BCUT2D eigenvalue weighted by molar-refractivity contribution is -0.124. The van der Waals surface area contributed by atoms with E-state index in [-0.39, 0.29) is 11.8 Å². The van der Waals surface area contributed by atoms with Crippen LogP contribution in [-0.4, -0.2) is 22.0 Å². The predicted octanol–water partition coefficient (Wildman–Crippen LogP) is 4.69. The third-order valence-corrected chi connectivity index (χ3v) is 5.47. The number of hydrogen-bond acceptors (Lipinski definition) is 2. The number of benzene rings is 2. The summed E-state index contributed by atoms with van der Waals surface area (Å²) in [5.74, 6) is 0.305. The highest BCUT2D eigenvalue weighted by Gasteiger charge is 2.31. The van der Waals surface area contributed by atoms with Crippen LogP contribution in [0.3, 0.4) is 0 Å². The van der Waals surface area contributed by atoms with Crippen LogP contribution in [0.5, 0.6) is 0 Å². The summed E-state index contributed by atoms with van der Waals surface area (Å²) in [6.45, 7) is 2.67. The molecule has 0 bridgehead atoms. The summed E-state index contributed by atoms with van der Waals surface area (Å²) in [5.41, 5.74) is 4.71. The summed E-state index contributed by atoms with van der Waals surface area (Å²) in [6.07, 6.45) is 6.69. The number of nitrogens with one attached hydrogen (secondary N) is 1. The molecule has 0 saturated heterocycles. The van der Waals surface area contributed by atoms with Gasteiger partial charge in [0.05, 0.1) is 18.2 Å². The second kappa shape index (κ2) is 7.78. The molecule has 1 N–H and O–H groups in total. The number of carbonyl (C=O) groups excluding carboxylic acids is 1. The molecule has 2 atom stereocenters. The van der Waals surface area contributed by atoms with Crippen molar-refractivity contribution < 1.29 is 4.79 Å². The molecule has 0 unspecified atom stereocenters. The SMILES string of the molecule is CCNC(=O)[C@H]1CC[C@@H](n2cncc2-c2ccc(-c3ccccc3)cc2)C1. The molecular formula is C23H25N3O. The van der Waals surface area contributed by atoms with E-state index in [1.165, 1.54) is 11.1 Å². The van der Waals surface area contributed by atoms with Gasteiger partial charge in [0.25, 0.3) is 0 Å². The van der Waals surface area contributed by atoms with Gasteiger partial charge in [0.2, 0.25) is 5.91 Å². The molecule has 1 aromatic heterocycles. The number of nitrogens with zero attached hydrogens (tertiary/aromatic N) is 2. The van der Waals surface area contributed by atoms with Crippen molar-refractivity contribution in [3.05, 3.63) is 67.1 Å². The molecule has 1 aliphatic carbocycles. The molecule has 3 aromatic rings. The van der Waals surface area contributed by atoms with Gasteiger partial charge in [-0.15, -0.1) is 0 Å². The van der Waals surface area contributed by atoms with Gasteiger partial charge in [-0.05, 0) is 42.9 Å². The van der Waals surface area contributed by atoms with Gasteiger partial charge in [-0.1, -0.05) is 54.6 Å². The van der Waals surface area contributed by atoms with Crippen molar-refractivity contribution in [3.63, 3.8) is 0 Å². The van der Waals surface area contributed by atoms with Gasteiger partial charge in [-0.3, -0.25) is 4.79 Å². The zero-order valence-electron chi connectivity index (χ0n) is 15.6. The van der Waals surface area contributed by atoms with E-state index >= 15 is 0 Å². The van der Waals surface area contributed by atoms with E-state index in [9.17, 15) is 4.79 Å². The molecule has 138 valence electrons. The van der Waals surface area contributed by atoms with Crippen LogP contribution in [0.25, 0.3) is 22.4 Å². The van der Waals surface area contributed by atoms with Crippen LogP contribution in [0.2, 0.25) is 0 Å². The summed E-state index contributed by atoms with van der Waals surface area (Å²) >= 11 is 0. The van der Waals surface area contributed by atoms with Crippen LogP contribution < -0.4 is 5.32 Å². The van der Waals surface area contributed by atoms with Gasteiger partial charge in [0.15, 0.2) is 0 Å². The van der Waals surface area contributed by atoms with Crippen LogP contribution >= 0.6 is 0 Å². The Morgan fingerprint density at radius 1 is 1.04 bits per heavy atom. The van der Waals surface area contributed by atoms with Crippen LogP contribution in [0.1, 0.15) is 32.2 Å². The summed E-state index contributed by atoms with van der Waals surface area (Å²) < 4.78 is 2.25. The average Bonchev–Trinajstić information content (AvgIpc) is 3.38. The normalized spacial score (nSPS) is 19.1. The van der Waals surface area contributed by atoms with Crippen LogP contribution in [0.15, 0.2) is 67.1 Å². The number of imidazole rings is 1. The van der Waals surface area contributed by atoms with Crippen molar-refractivity contribution >= 4 is 5.91 Å². The zero-order valence-corrected chi connectivity index (χ0v) is 15.6. The molecule has 1 amide bonds. The second-order valence-electron chi connectivity index (χ2n) is 7.19. The summed E-state index contributed by atoms with van der Waals surface area (Å²) in [4.78, 5) is 16.5. The summed E-state index contributed by atoms with van der Waals surface area (Å²) in [6, 6.07) is 19.4. The van der Waals surface area contributed by atoms with Crippen molar-refractivity contribution in [2.75, 3.05) is 6.54 Å². The fraction of sp³-hybridized carbons (Fsp3) is 0.304. The minimum absolute atomic E-state index is 0.116. The first-order chi connectivity index (χ1) is 13.3. The van der Waals surface area contributed by atoms with Crippen molar-refractivity contribution in [2.45, 2.75) is 32.2 Å². The Balaban J connectivity index is 1.53. The van der Waals surface area contributed by atoms with Gasteiger partial charge < -0.3 is 9.88 Å². The Morgan fingerprint density at radius 2 is 1.74 bits per heavy atom. The first kappa shape index (κ1) is 17.5. The minimum atomic E-state index is 0.116. The Labute approximate surface area is 160 Å². The van der Waals surface area contributed by atoms with Gasteiger partial charge in [-0.2, -0.15) is 0 Å². The van der Waals surface area contributed by atoms with E-state index in [0.717, 1.165) is 30.5 Å². The topological polar surface area (TPSA) is 46.9 Å². The Kier molecular flexibility index (Phi) is 5.05. The second-order valence-corrected chi connectivity index (χ2v) is 7.19. The summed E-state index contributed by atoms with van der Waals surface area (Å²) in [5, 5.41) is 2.96. The molecule has 1 fully saturated rings. The Morgan fingerprint density at radius 3 is 2.48 bits per heavy atom. The van der Waals surface area contributed by atoms with Gasteiger partial charge >= 0.3 is 0 Å². The molecule has 27 heavy (non-hydrogen) atoms. The largest absolute Gasteiger partial charge is 0.356 e. The number of rotatable bonds is 5. The molecule has 0 aliphatic heterocycles. The number of amides is 1. The van der Waals surface area contributed by atoms with E-state index in [1.807, 2.05) is 25.5 Å². The highest BCUT2D eigenvalue weighted by atomic mass is 16.1. The van der Waals surface area contributed by atoms with Crippen molar-refractivity contribution in [3.8, 4) is 22.4 Å². The molecular weight excluding hydrogens is 334 g/mol. The van der Waals surface area contributed by atoms with E-state index in [4.69, 9.17) is 0 Å². The van der Waals surface area contributed by atoms with Gasteiger partial charge in [0, 0.05) is 18.5 Å². The molecule has 4 heteroatoms. The molecule has 4 nitrogen and oxygen atoms in total.